The van der Waals surface area contributed by atoms with Crippen LogP contribution in [0.15, 0.2) is 29.3 Å². The van der Waals surface area contributed by atoms with Crippen LogP contribution in [-0.4, -0.2) is 76.6 Å². The van der Waals surface area contributed by atoms with Crippen LogP contribution in [0.4, 0.5) is 10.1 Å². The smallest absolute Gasteiger partial charge is 0.194 e. The molecule has 0 saturated carbocycles. The summed E-state index contributed by atoms with van der Waals surface area (Å²) in [5.74, 6) is 1.45. The number of hydrogen-bond acceptors (Lipinski definition) is 4. The van der Waals surface area contributed by atoms with Crippen molar-refractivity contribution in [3.8, 4) is 0 Å². The van der Waals surface area contributed by atoms with Crippen molar-refractivity contribution in [2.45, 2.75) is 26.2 Å². The molecule has 2 heterocycles. The molecule has 2 saturated heterocycles. The van der Waals surface area contributed by atoms with Gasteiger partial charge in [0.05, 0.1) is 5.69 Å². The lowest BCUT2D eigenvalue weighted by Gasteiger charge is -2.37. The van der Waals surface area contributed by atoms with Crippen molar-refractivity contribution in [1.29, 1.82) is 0 Å². The van der Waals surface area contributed by atoms with E-state index in [9.17, 15) is 4.39 Å². The summed E-state index contributed by atoms with van der Waals surface area (Å²) < 4.78 is 25.2. The Morgan fingerprint density at radius 3 is 2.63 bits per heavy atom. The van der Waals surface area contributed by atoms with Crippen molar-refractivity contribution in [2.24, 2.45) is 10.9 Å². The number of halogens is 2. The van der Waals surface area contributed by atoms with E-state index in [0.29, 0.717) is 11.6 Å². The molecule has 8 heteroatoms. The van der Waals surface area contributed by atoms with Crippen molar-refractivity contribution in [3.05, 3.63) is 30.1 Å². The minimum absolute atomic E-state index is 0. The van der Waals surface area contributed by atoms with Crippen LogP contribution in [0.25, 0.3) is 0 Å². The predicted molar refractivity (Wildman–Crippen MR) is 131 cm³/mol. The summed E-state index contributed by atoms with van der Waals surface area (Å²) in [6, 6.07) is 7.00. The molecule has 1 aromatic carbocycles. The van der Waals surface area contributed by atoms with Gasteiger partial charge in [-0.1, -0.05) is 12.1 Å². The van der Waals surface area contributed by atoms with E-state index in [1.165, 1.54) is 6.07 Å². The Morgan fingerprint density at radius 2 is 1.93 bits per heavy atom. The number of hydrogen-bond donors (Lipinski definition) is 1. The maximum absolute atomic E-state index is 14.0. The molecule has 1 N–H and O–H groups in total. The lowest BCUT2D eigenvalue weighted by Crippen LogP contribution is -2.52. The number of nitrogens with one attached hydrogen (secondary N) is 1. The summed E-state index contributed by atoms with van der Waals surface area (Å²) >= 11 is 0. The number of nitrogens with zero attached hydrogens (tertiary/aromatic N) is 3. The van der Waals surface area contributed by atoms with E-state index < -0.39 is 0 Å². The molecule has 3 rings (SSSR count). The molecular weight excluding hydrogens is 498 g/mol. The van der Waals surface area contributed by atoms with Crippen molar-refractivity contribution in [3.63, 3.8) is 0 Å². The van der Waals surface area contributed by atoms with Crippen LogP contribution in [0.2, 0.25) is 0 Å². The second kappa shape index (κ2) is 14.0. The van der Waals surface area contributed by atoms with Gasteiger partial charge in [0.1, 0.15) is 5.82 Å². The molecule has 0 atom stereocenters. The Bertz CT molecular complexity index is 635. The molecule has 0 radical (unpaired) electrons. The van der Waals surface area contributed by atoms with Gasteiger partial charge in [0.2, 0.25) is 0 Å². The van der Waals surface area contributed by atoms with Gasteiger partial charge in [0, 0.05) is 65.7 Å². The van der Waals surface area contributed by atoms with Crippen molar-refractivity contribution in [1.82, 2.24) is 10.2 Å². The highest BCUT2D eigenvalue weighted by atomic mass is 127. The van der Waals surface area contributed by atoms with Gasteiger partial charge in [-0.3, -0.25) is 4.99 Å². The molecule has 2 fully saturated rings. The van der Waals surface area contributed by atoms with Crippen LogP contribution in [0, 0.1) is 11.7 Å². The average molecular weight is 534 g/mol. The van der Waals surface area contributed by atoms with E-state index in [2.05, 4.69) is 22.0 Å². The van der Waals surface area contributed by atoms with Gasteiger partial charge < -0.3 is 24.6 Å². The Labute approximate surface area is 197 Å². The summed E-state index contributed by atoms with van der Waals surface area (Å²) in [6.45, 7) is 10.3. The van der Waals surface area contributed by atoms with E-state index in [1.807, 2.05) is 12.1 Å². The quantitative estimate of drug-likeness (QED) is 0.240. The number of guanidine groups is 1. The Kier molecular flexibility index (Phi) is 11.8. The van der Waals surface area contributed by atoms with Crippen LogP contribution < -0.4 is 10.2 Å². The summed E-state index contributed by atoms with van der Waals surface area (Å²) in [4.78, 5) is 9.15. The number of anilines is 1. The predicted octanol–water partition coefficient (Wildman–Crippen LogP) is 3.36. The first-order valence-corrected chi connectivity index (χ1v) is 11.0. The third kappa shape index (κ3) is 7.85. The van der Waals surface area contributed by atoms with Crippen molar-refractivity contribution < 1.29 is 13.9 Å². The average Bonchev–Trinajstić information content (AvgIpc) is 2.77. The number of rotatable bonds is 8. The highest BCUT2D eigenvalue weighted by Crippen LogP contribution is 2.20. The van der Waals surface area contributed by atoms with E-state index in [0.717, 1.165) is 90.9 Å². The number of piperazine rings is 1. The molecule has 170 valence electrons. The van der Waals surface area contributed by atoms with Gasteiger partial charge in [-0.2, -0.15) is 0 Å². The van der Waals surface area contributed by atoms with E-state index in [1.54, 1.807) is 6.07 Å². The fraction of sp³-hybridized carbons (Fsp3) is 0.682. The Morgan fingerprint density at radius 1 is 1.20 bits per heavy atom. The molecule has 0 unspecified atom stereocenters. The summed E-state index contributed by atoms with van der Waals surface area (Å²) in [5, 5.41) is 3.39. The monoisotopic (exact) mass is 534 g/mol. The SMILES string of the molecule is CCNC(=NCCCOCC1CCOCC1)N1CCN(c2ccccc2F)CC1.I. The van der Waals surface area contributed by atoms with Crippen molar-refractivity contribution >= 4 is 35.6 Å². The fourth-order valence-corrected chi connectivity index (χ4v) is 3.81. The Balaban J connectivity index is 0.00000320. The van der Waals surface area contributed by atoms with E-state index in [4.69, 9.17) is 14.5 Å². The topological polar surface area (TPSA) is 49.3 Å². The minimum atomic E-state index is -0.151. The lowest BCUT2D eigenvalue weighted by atomic mass is 10.0. The van der Waals surface area contributed by atoms with Crippen molar-refractivity contribution in [2.75, 3.05) is 70.6 Å². The zero-order chi connectivity index (χ0) is 20.3. The molecule has 0 amide bonds. The van der Waals surface area contributed by atoms with Crippen LogP contribution in [-0.2, 0) is 9.47 Å². The summed E-state index contributed by atoms with van der Waals surface area (Å²) in [5.41, 5.74) is 0.691. The maximum Gasteiger partial charge on any atom is 0.194 e. The first kappa shape index (κ1) is 25.1. The standard InChI is InChI=1S/C22H35FN4O2.HI/c1-2-24-22(25-10-5-15-29-18-19-8-16-28-17-9-19)27-13-11-26(12-14-27)21-7-4-3-6-20(21)23;/h3-4,6-7,19H,2,5,8-18H2,1H3,(H,24,25);1H. The minimum Gasteiger partial charge on any atom is -0.381 e. The van der Waals surface area contributed by atoms with Gasteiger partial charge in [0.25, 0.3) is 0 Å². The first-order valence-electron chi connectivity index (χ1n) is 11.0. The van der Waals surface area contributed by atoms with E-state index >= 15 is 0 Å². The van der Waals surface area contributed by atoms with Gasteiger partial charge in [-0.25, -0.2) is 4.39 Å². The zero-order valence-electron chi connectivity index (χ0n) is 18.0. The molecular formula is C22H36FIN4O2. The molecule has 6 nitrogen and oxygen atoms in total. The second-order valence-electron chi connectivity index (χ2n) is 7.65. The number of ether oxygens (including phenoxy) is 2. The van der Waals surface area contributed by atoms with Gasteiger partial charge in [-0.15, -0.1) is 24.0 Å². The molecule has 0 aliphatic carbocycles. The van der Waals surface area contributed by atoms with Crippen LogP contribution in [0.3, 0.4) is 0 Å². The largest absolute Gasteiger partial charge is 0.381 e. The van der Waals surface area contributed by atoms with E-state index in [-0.39, 0.29) is 29.8 Å². The number of para-hydroxylation sites is 1. The summed E-state index contributed by atoms with van der Waals surface area (Å²) in [6.07, 6.45) is 3.15. The lowest BCUT2D eigenvalue weighted by molar-refractivity contribution is 0.0205. The molecule has 0 spiro atoms. The Hall–Kier alpha value is -1.13. The number of aliphatic imine (C=N–C) groups is 1. The molecule has 0 aromatic heterocycles. The van der Waals surface area contributed by atoms with Gasteiger partial charge in [0.15, 0.2) is 5.96 Å². The second-order valence-corrected chi connectivity index (χ2v) is 7.65. The fourth-order valence-electron chi connectivity index (χ4n) is 3.81. The number of benzene rings is 1. The third-order valence-corrected chi connectivity index (χ3v) is 5.51. The highest BCUT2D eigenvalue weighted by molar-refractivity contribution is 14.0. The zero-order valence-corrected chi connectivity index (χ0v) is 20.4. The molecule has 30 heavy (non-hydrogen) atoms. The summed E-state index contributed by atoms with van der Waals surface area (Å²) in [7, 11) is 0. The van der Waals surface area contributed by atoms with Crippen LogP contribution in [0.1, 0.15) is 26.2 Å². The van der Waals surface area contributed by atoms with Crippen LogP contribution in [0.5, 0.6) is 0 Å². The molecule has 1 aromatic rings. The van der Waals surface area contributed by atoms with Gasteiger partial charge >= 0.3 is 0 Å². The molecule has 0 bridgehead atoms. The molecule has 2 aliphatic heterocycles. The van der Waals surface area contributed by atoms with Gasteiger partial charge in [-0.05, 0) is 44.2 Å². The van der Waals surface area contributed by atoms with Crippen LogP contribution >= 0.6 is 24.0 Å². The highest BCUT2D eigenvalue weighted by Gasteiger charge is 2.21. The maximum atomic E-state index is 14.0. The third-order valence-electron chi connectivity index (χ3n) is 5.51. The normalized spacial score (nSPS) is 18.3. The molecule has 2 aliphatic rings. The first-order chi connectivity index (χ1) is 14.3.